The summed E-state index contributed by atoms with van der Waals surface area (Å²) in [5, 5.41) is 7.06. The van der Waals surface area contributed by atoms with Crippen molar-refractivity contribution in [3.8, 4) is 67.8 Å². The third kappa shape index (κ3) is 6.31. The van der Waals surface area contributed by atoms with Crippen LogP contribution in [0, 0.1) is 0 Å². The molecule has 0 aliphatic rings. The van der Waals surface area contributed by atoms with Crippen molar-refractivity contribution in [2.45, 2.75) is 0 Å². The number of hydrogen-bond acceptors (Lipinski definition) is 2. The van der Waals surface area contributed by atoms with E-state index >= 15 is 0 Å². The Morgan fingerprint density at radius 1 is 0.230 bits per heavy atom. The zero-order valence-electron chi connectivity index (χ0n) is 40.1. The second-order valence-corrected chi connectivity index (χ2v) is 18.9. The molecular formula is C68H44N6. The first-order valence-electron chi connectivity index (χ1n) is 25.2. The fourth-order valence-electron chi connectivity index (χ4n) is 11.8. The summed E-state index contributed by atoms with van der Waals surface area (Å²) in [4.78, 5) is 10.8. The van der Waals surface area contributed by atoms with Gasteiger partial charge in [-0.3, -0.25) is 9.13 Å². The number of fused-ring (bicyclic) bond motifs is 9. The van der Waals surface area contributed by atoms with Crippen LogP contribution >= 0.6 is 0 Å². The van der Waals surface area contributed by atoms with Crippen LogP contribution in [0.1, 0.15) is 0 Å². The van der Waals surface area contributed by atoms with Crippen molar-refractivity contribution in [1.82, 2.24) is 28.2 Å². The van der Waals surface area contributed by atoms with Crippen LogP contribution in [0.25, 0.3) is 133 Å². The molecule has 0 atom stereocenters. The molecule has 74 heavy (non-hydrogen) atoms. The van der Waals surface area contributed by atoms with Crippen molar-refractivity contribution in [1.29, 1.82) is 0 Å². The minimum absolute atomic E-state index is 0.854. The summed E-state index contributed by atoms with van der Waals surface area (Å²) in [6.45, 7) is 0. The first-order chi connectivity index (χ1) is 36.8. The van der Waals surface area contributed by atoms with Crippen LogP contribution in [-0.4, -0.2) is 28.2 Å². The third-order valence-corrected chi connectivity index (χ3v) is 14.9. The van der Waals surface area contributed by atoms with Crippen molar-refractivity contribution < 1.29 is 0 Å². The van der Waals surface area contributed by atoms with Gasteiger partial charge in [0.25, 0.3) is 0 Å². The maximum absolute atomic E-state index is 5.40. The van der Waals surface area contributed by atoms with Crippen LogP contribution in [0.15, 0.2) is 267 Å². The van der Waals surface area contributed by atoms with Crippen LogP contribution in [0.4, 0.5) is 0 Å². The zero-order chi connectivity index (χ0) is 48.7. The summed E-state index contributed by atoms with van der Waals surface area (Å²) in [5.41, 5.74) is 17.4. The molecule has 9 aromatic carbocycles. The van der Waals surface area contributed by atoms with Gasteiger partial charge >= 0.3 is 0 Å². The van der Waals surface area contributed by atoms with Gasteiger partial charge in [-0.25, -0.2) is 9.97 Å². The van der Waals surface area contributed by atoms with Crippen LogP contribution in [-0.2, 0) is 0 Å². The first-order valence-corrected chi connectivity index (χ1v) is 25.2. The quantitative estimate of drug-likeness (QED) is 0.152. The van der Waals surface area contributed by atoms with Crippen LogP contribution in [0.5, 0.6) is 0 Å². The second kappa shape index (κ2) is 16.8. The van der Waals surface area contributed by atoms with E-state index in [0.29, 0.717) is 0 Å². The Labute approximate surface area is 426 Å². The standard InChI is InChI=1S/C68H44N6/c1-5-21-45(22-6-1)63-55-39-40-56-64(46-23-7-2-8-24-46)66(48-27-11-4-12-28-48)72(50-38-42-62(70-44-50)74-59-35-19-15-31-53(59)54-32-16-20-36-60(54)74)68(56)67(55)71(65(63)47-25-9-3-10-26-47)49-37-41-61(69-43-49)73-57-33-17-13-29-51(57)52-30-14-18-34-58(52)73/h1-44H. The number of nitrogens with zero attached hydrogens (tertiary/aromatic N) is 6. The zero-order valence-corrected chi connectivity index (χ0v) is 40.1. The lowest BCUT2D eigenvalue weighted by Crippen LogP contribution is -2.04. The number of rotatable bonds is 8. The number of para-hydroxylation sites is 4. The average molecular weight is 945 g/mol. The third-order valence-electron chi connectivity index (χ3n) is 14.9. The number of hydrogen-bond donors (Lipinski definition) is 0. The van der Waals surface area contributed by atoms with Crippen LogP contribution in [0.2, 0.25) is 0 Å². The van der Waals surface area contributed by atoms with E-state index < -0.39 is 0 Å². The highest BCUT2D eigenvalue weighted by Gasteiger charge is 2.29. The van der Waals surface area contributed by atoms with Gasteiger partial charge in [0.2, 0.25) is 0 Å². The Kier molecular flexibility index (Phi) is 9.47. The molecule has 0 amide bonds. The summed E-state index contributed by atoms with van der Waals surface area (Å²) in [7, 11) is 0. The highest BCUT2D eigenvalue weighted by Crippen LogP contribution is 2.50. The number of pyridine rings is 2. The first kappa shape index (κ1) is 41.7. The molecule has 0 N–H and O–H groups in total. The fourth-order valence-corrected chi connectivity index (χ4v) is 11.8. The molecule has 0 aliphatic carbocycles. The average Bonchev–Trinajstić information content (AvgIpc) is 4.23. The minimum atomic E-state index is 0.854. The fraction of sp³-hybridized carbons (Fsp3) is 0. The maximum atomic E-state index is 5.40. The molecule has 0 radical (unpaired) electrons. The van der Waals surface area contributed by atoms with E-state index in [1.807, 2.05) is 0 Å². The van der Waals surface area contributed by atoms with E-state index in [-0.39, 0.29) is 0 Å². The number of benzene rings is 9. The van der Waals surface area contributed by atoms with Gasteiger partial charge in [0, 0.05) is 43.4 Å². The van der Waals surface area contributed by atoms with Gasteiger partial charge in [-0.2, -0.15) is 0 Å². The highest BCUT2D eigenvalue weighted by atomic mass is 15.1. The highest BCUT2D eigenvalue weighted by molar-refractivity contribution is 6.21. The molecule has 15 aromatic rings. The molecule has 346 valence electrons. The lowest BCUT2D eigenvalue weighted by molar-refractivity contribution is 1.03. The Balaban J connectivity index is 1.07. The van der Waals surface area contributed by atoms with Crippen molar-refractivity contribution in [2.24, 2.45) is 0 Å². The molecule has 6 heterocycles. The summed E-state index contributed by atoms with van der Waals surface area (Å²) >= 11 is 0. The van der Waals surface area contributed by atoms with E-state index in [2.05, 4.69) is 285 Å². The van der Waals surface area contributed by atoms with E-state index in [1.54, 1.807) is 0 Å². The summed E-state index contributed by atoms with van der Waals surface area (Å²) in [6.07, 6.45) is 4.12. The predicted octanol–water partition coefficient (Wildman–Crippen LogP) is 17.2. The Hall–Kier alpha value is -10.0. The van der Waals surface area contributed by atoms with E-state index in [1.165, 1.54) is 21.5 Å². The van der Waals surface area contributed by atoms with Gasteiger partial charge in [0.05, 0.1) is 68.3 Å². The normalized spacial score (nSPS) is 11.8. The molecule has 0 saturated carbocycles. The molecule has 0 aliphatic heterocycles. The van der Waals surface area contributed by atoms with Crippen LogP contribution < -0.4 is 0 Å². The monoisotopic (exact) mass is 944 g/mol. The summed E-state index contributed by atoms with van der Waals surface area (Å²) in [6, 6.07) is 91.4. The van der Waals surface area contributed by atoms with Gasteiger partial charge in [0.1, 0.15) is 11.6 Å². The van der Waals surface area contributed by atoms with Crippen LogP contribution in [0.3, 0.4) is 0 Å². The van der Waals surface area contributed by atoms with E-state index in [0.717, 1.165) is 112 Å². The number of aromatic nitrogens is 6. The van der Waals surface area contributed by atoms with Gasteiger partial charge in [-0.1, -0.05) is 206 Å². The summed E-state index contributed by atoms with van der Waals surface area (Å²) < 4.78 is 9.51. The molecular weight excluding hydrogens is 901 g/mol. The lowest BCUT2D eigenvalue weighted by atomic mass is 9.96. The van der Waals surface area contributed by atoms with Gasteiger partial charge in [-0.15, -0.1) is 0 Å². The maximum Gasteiger partial charge on any atom is 0.137 e. The van der Waals surface area contributed by atoms with Crippen molar-refractivity contribution in [2.75, 3.05) is 0 Å². The molecule has 0 bridgehead atoms. The molecule has 0 spiro atoms. The Morgan fingerprint density at radius 2 is 0.527 bits per heavy atom. The van der Waals surface area contributed by atoms with E-state index in [4.69, 9.17) is 9.97 Å². The van der Waals surface area contributed by atoms with Gasteiger partial charge in [0.15, 0.2) is 0 Å². The molecule has 15 rings (SSSR count). The van der Waals surface area contributed by atoms with Crippen molar-refractivity contribution in [3.05, 3.63) is 267 Å². The Morgan fingerprint density at radius 3 is 0.838 bits per heavy atom. The molecule has 0 saturated heterocycles. The molecule has 6 heteroatoms. The smallest absolute Gasteiger partial charge is 0.137 e. The SMILES string of the molecule is c1ccc(-c2c(-c3ccccc3)n(-c3ccc(-n4c5ccccc5c5ccccc54)nc3)c3c2ccc2c(-c4ccccc4)c(-c4ccccc4)n(-c4ccc(-n5c6ccccc6c6ccccc65)nc4)c23)cc1. The van der Waals surface area contributed by atoms with Crippen molar-refractivity contribution in [3.63, 3.8) is 0 Å². The summed E-state index contributed by atoms with van der Waals surface area (Å²) in [5.74, 6) is 1.71. The van der Waals surface area contributed by atoms with Gasteiger partial charge in [-0.05, 0) is 70.8 Å². The predicted molar refractivity (Wildman–Crippen MR) is 306 cm³/mol. The van der Waals surface area contributed by atoms with Gasteiger partial charge < -0.3 is 9.13 Å². The largest absolute Gasteiger partial charge is 0.305 e. The van der Waals surface area contributed by atoms with E-state index in [9.17, 15) is 0 Å². The lowest BCUT2D eigenvalue weighted by Gasteiger charge is -2.17. The Bertz CT molecular complexity index is 4200. The molecule has 6 nitrogen and oxygen atoms in total. The topological polar surface area (TPSA) is 45.5 Å². The molecule has 0 unspecified atom stereocenters. The second-order valence-electron chi connectivity index (χ2n) is 18.9. The van der Waals surface area contributed by atoms with Crippen molar-refractivity contribution >= 4 is 65.4 Å². The minimum Gasteiger partial charge on any atom is -0.305 e. The molecule has 0 fully saturated rings. The molecule has 6 aromatic heterocycles.